The van der Waals surface area contributed by atoms with Gasteiger partial charge in [-0.05, 0) is 64.8 Å². The summed E-state index contributed by atoms with van der Waals surface area (Å²) in [4.78, 5) is 0. The topological polar surface area (TPSA) is 97.9 Å². The third-order valence-electron chi connectivity index (χ3n) is 9.89. The molecule has 4 fully saturated rings. The van der Waals surface area contributed by atoms with Gasteiger partial charge in [-0.25, -0.2) is 0 Å². The van der Waals surface area contributed by atoms with Crippen molar-refractivity contribution < 1.29 is 37.9 Å². The van der Waals surface area contributed by atoms with Crippen LogP contribution in [0.3, 0.4) is 0 Å². The highest BCUT2D eigenvalue weighted by Crippen LogP contribution is 2.40. The van der Waals surface area contributed by atoms with Crippen LogP contribution in [0, 0.1) is 0 Å². The minimum atomic E-state index is -0.657. The molecule has 8 atom stereocenters. The maximum absolute atomic E-state index is 6.35. The second-order valence-corrected chi connectivity index (χ2v) is 15.0. The van der Waals surface area contributed by atoms with Crippen molar-refractivity contribution >= 4 is 0 Å². The Bertz CT molecular complexity index is 1170. The fraction of sp³-hybridized carbons (Fsp3) is 0.700. The fourth-order valence-electron chi connectivity index (χ4n) is 7.41. The molecule has 10 nitrogen and oxygen atoms in total. The van der Waals surface area contributed by atoms with Crippen molar-refractivity contribution in [3.8, 4) is 0 Å². The summed E-state index contributed by atoms with van der Waals surface area (Å²) in [7, 11) is 0. The summed E-state index contributed by atoms with van der Waals surface area (Å²) in [6.07, 6.45) is 8.17. The van der Waals surface area contributed by atoms with Crippen molar-refractivity contribution in [2.24, 2.45) is 0 Å². The van der Waals surface area contributed by atoms with Crippen LogP contribution in [0.4, 0.5) is 0 Å². The van der Waals surface area contributed by atoms with E-state index >= 15 is 0 Å². The van der Waals surface area contributed by atoms with Crippen molar-refractivity contribution in [3.63, 3.8) is 0 Å². The van der Waals surface area contributed by atoms with E-state index in [4.69, 9.17) is 37.9 Å². The molecule has 2 aromatic carbocycles. The van der Waals surface area contributed by atoms with Gasteiger partial charge >= 0.3 is 0 Å². The maximum Gasteiger partial charge on any atom is 0.190 e. The molecule has 0 bridgehead atoms. The monoisotopic (exact) mass is 696 g/mol. The number of hydrogen-bond donors (Lipinski definition) is 2. The van der Waals surface area contributed by atoms with Crippen LogP contribution in [0.1, 0.15) is 90.2 Å². The average Bonchev–Trinajstić information content (AvgIpc) is 3.77. The molecule has 278 valence electrons. The molecule has 2 N–H and O–H groups in total. The third-order valence-corrected chi connectivity index (χ3v) is 9.89. The summed E-state index contributed by atoms with van der Waals surface area (Å²) in [6, 6.07) is 20.5. The van der Waals surface area contributed by atoms with E-state index in [0.29, 0.717) is 13.2 Å². The molecule has 50 heavy (non-hydrogen) atoms. The smallest absolute Gasteiger partial charge is 0.190 e. The first-order valence-electron chi connectivity index (χ1n) is 19.0. The minimum Gasteiger partial charge on any atom is -0.368 e. The van der Waals surface area contributed by atoms with Crippen LogP contribution in [-0.2, 0) is 51.1 Å². The van der Waals surface area contributed by atoms with Gasteiger partial charge < -0.3 is 48.5 Å². The van der Waals surface area contributed by atoms with E-state index in [9.17, 15) is 0 Å². The molecule has 4 saturated heterocycles. The highest BCUT2D eigenvalue weighted by Gasteiger charge is 2.56. The van der Waals surface area contributed by atoms with Gasteiger partial charge in [0, 0.05) is 13.1 Å². The number of fused-ring (bicyclic) bond motifs is 2. The van der Waals surface area contributed by atoms with E-state index in [0.717, 1.165) is 50.1 Å². The molecule has 0 radical (unpaired) electrons. The van der Waals surface area contributed by atoms with E-state index in [1.54, 1.807) is 0 Å². The number of hydrogen-bond acceptors (Lipinski definition) is 10. The first-order chi connectivity index (χ1) is 24.3. The molecule has 4 heterocycles. The Morgan fingerprint density at radius 3 is 1.30 bits per heavy atom. The number of rotatable bonds is 21. The molecular formula is C40H60N2O8. The molecule has 0 aromatic heterocycles. The zero-order valence-electron chi connectivity index (χ0n) is 30.6. The Morgan fingerprint density at radius 1 is 0.520 bits per heavy atom. The lowest BCUT2D eigenvalue weighted by molar-refractivity contribution is -0.218. The molecule has 6 rings (SSSR count). The SMILES string of the molecule is CC1(C)O[C@@H]2O[C@@H](CNCCCCCCCCCCNC[C@H]3O[C@@H]4OC(C)(C)O[C@@H]4[C@H]3OCc3ccccc3)[C@@H](OCc3ccccc3)[C@@H]2O1. The zero-order valence-corrected chi connectivity index (χ0v) is 30.6. The van der Waals surface area contributed by atoms with Gasteiger partial charge in [0.25, 0.3) is 0 Å². The Hall–Kier alpha value is -1.96. The van der Waals surface area contributed by atoms with Crippen molar-refractivity contribution in [3.05, 3.63) is 71.8 Å². The minimum absolute atomic E-state index is 0.102. The summed E-state index contributed by atoms with van der Waals surface area (Å²) in [5.41, 5.74) is 2.28. The maximum atomic E-state index is 6.35. The van der Waals surface area contributed by atoms with Crippen LogP contribution in [0.2, 0.25) is 0 Å². The second-order valence-electron chi connectivity index (χ2n) is 15.0. The van der Waals surface area contributed by atoms with Crippen LogP contribution in [0.15, 0.2) is 60.7 Å². The highest BCUT2D eigenvalue weighted by atomic mass is 16.9. The number of unbranched alkanes of at least 4 members (excludes halogenated alkanes) is 7. The predicted molar refractivity (Wildman–Crippen MR) is 190 cm³/mol. The third kappa shape index (κ3) is 10.8. The van der Waals surface area contributed by atoms with E-state index < -0.39 is 11.6 Å². The quantitative estimate of drug-likeness (QED) is 0.147. The van der Waals surface area contributed by atoms with Crippen molar-refractivity contribution in [1.82, 2.24) is 10.6 Å². The fourth-order valence-corrected chi connectivity index (χ4v) is 7.41. The van der Waals surface area contributed by atoms with Gasteiger partial charge in [-0.15, -0.1) is 0 Å². The van der Waals surface area contributed by atoms with Crippen LogP contribution in [-0.4, -0.2) is 87.0 Å². The number of ether oxygens (including phenoxy) is 8. The van der Waals surface area contributed by atoms with Gasteiger partial charge in [-0.2, -0.15) is 0 Å². The van der Waals surface area contributed by atoms with Crippen LogP contribution in [0.25, 0.3) is 0 Å². The summed E-state index contributed by atoms with van der Waals surface area (Å²) in [5, 5.41) is 7.19. The second kappa shape index (κ2) is 18.2. The number of nitrogens with one attached hydrogen (secondary N) is 2. The molecule has 0 amide bonds. The highest BCUT2D eigenvalue weighted by molar-refractivity contribution is 5.14. The van der Waals surface area contributed by atoms with E-state index in [1.165, 1.54) is 38.5 Å². The summed E-state index contributed by atoms with van der Waals surface area (Å²) < 4.78 is 49.5. The molecule has 0 aliphatic carbocycles. The Labute approximate surface area is 299 Å². The summed E-state index contributed by atoms with van der Waals surface area (Å²) in [6.45, 7) is 12.2. The summed E-state index contributed by atoms with van der Waals surface area (Å²) >= 11 is 0. The van der Waals surface area contributed by atoms with E-state index in [-0.39, 0.29) is 49.2 Å². The van der Waals surface area contributed by atoms with E-state index in [2.05, 4.69) is 34.9 Å². The first kappa shape index (κ1) is 37.8. The molecule has 0 unspecified atom stereocenters. The normalized spacial score (nSPS) is 30.9. The zero-order chi connectivity index (χ0) is 34.8. The first-order valence-corrected chi connectivity index (χ1v) is 19.0. The molecule has 0 saturated carbocycles. The van der Waals surface area contributed by atoms with Crippen LogP contribution >= 0.6 is 0 Å². The van der Waals surface area contributed by atoms with Crippen LogP contribution < -0.4 is 10.6 Å². The van der Waals surface area contributed by atoms with Gasteiger partial charge in [-0.3, -0.25) is 0 Å². The lowest BCUT2D eigenvalue weighted by Gasteiger charge is -2.26. The largest absolute Gasteiger partial charge is 0.368 e. The lowest BCUT2D eigenvalue weighted by Crippen LogP contribution is -2.41. The molecule has 0 spiro atoms. The Kier molecular flexibility index (Phi) is 13.7. The lowest BCUT2D eigenvalue weighted by atomic mass is 10.1. The Morgan fingerprint density at radius 2 is 0.900 bits per heavy atom. The van der Waals surface area contributed by atoms with Crippen molar-refractivity contribution in [1.29, 1.82) is 0 Å². The van der Waals surface area contributed by atoms with Crippen LogP contribution in [0.5, 0.6) is 0 Å². The molecule has 2 aromatic rings. The van der Waals surface area contributed by atoms with Gasteiger partial charge in [-0.1, -0.05) is 99.2 Å². The van der Waals surface area contributed by atoms with Gasteiger partial charge in [0.05, 0.1) is 13.2 Å². The van der Waals surface area contributed by atoms with Gasteiger partial charge in [0.15, 0.2) is 24.2 Å². The van der Waals surface area contributed by atoms with Gasteiger partial charge in [0.1, 0.15) is 36.6 Å². The van der Waals surface area contributed by atoms with E-state index in [1.807, 2.05) is 64.1 Å². The molecule has 4 aliphatic rings. The van der Waals surface area contributed by atoms with Crippen molar-refractivity contribution in [2.45, 2.75) is 153 Å². The average molecular weight is 697 g/mol. The van der Waals surface area contributed by atoms with Crippen molar-refractivity contribution in [2.75, 3.05) is 26.2 Å². The predicted octanol–water partition coefficient (Wildman–Crippen LogP) is 6.21. The standard InChI is InChI=1S/C40H60N2O8/c1-39(2)47-35-33(43-27-29-19-13-11-14-20-29)31(45-37(35)49-39)25-41-23-17-9-7-5-6-8-10-18-24-42-26-32-34(44-28-30-21-15-12-16-22-30)36-38(46-32)50-40(3,4)48-36/h11-16,19-22,31-38,41-42H,5-10,17-18,23-28H2,1-4H3/t31-,32+,33+,34-,35-,36+,37-,38+. The molecule has 10 heteroatoms. The summed E-state index contributed by atoms with van der Waals surface area (Å²) in [5.74, 6) is -1.31. The number of benzene rings is 2. The Balaban J connectivity index is 0.782. The van der Waals surface area contributed by atoms with Gasteiger partial charge in [0.2, 0.25) is 0 Å². The molecule has 4 aliphatic heterocycles. The molecular weight excluding hydrogens is 636 g/mol.